The van der Waals surface area contributed by atoms with Crippen LogP contribution in [-0.2, 0) is 6.54 Å². The van der Waals surface area contributed by atoms with E-state index in [0.717, 1.165) is 16.9 Å². The summed E-state index contributed by atoms with van der Waals surface area (Å²) < 4.78 is 11.2. The van der Waals surface area contributed by atoms with E-state index in [2.05, 4.69) is 4.98 Å². The zero-order chi connectivity index (χ0) is 15.7. The first kappa shape index (κ1) is 14.1. The Morgan fingerprint density at radius 3 is 2.64 bits per heavy atom. The van der Waals surface area contributed by atoms with Gasteiger partial charge in [0, 0.05) is 6.20 Å². The fourth-order valence-electron chi connectivity index (χ4n) is 2.26. The first-order valence-corrected chi connectivity index (χ1v) is 6.72. The van der Waals surface area contributed by atoms with Crippen LogP contribution in [0.5, 0.6) is 5.75 Å². The maximum absolute atomic E-state index is 12.0. The van der Waals surface area contributed by atoms with Crippen LogP contribution in [0.4, 0.5) is 0 Å². The highest BCUT2D eigenvalue weighted by Crippen LogP contribution is 2.13. The van der Waals surface area contributed by atoms with Crippen LogP contribution >= 0.6 is 0 Å². The Hall–Kier alpha value is -2.89. The molecule has 0 spiro atoms. The third kappa shape index (κ3) is 2.50. The summed E-state index contributed by atoms with van der Waals surface area (Å²) in [6, 6.07) is 8.96. The summed E-state index contributed by atoms with van der Waals surface area (Å²) in [4.78, 5) is 28.0. The van der Waals surface area contributed by atoms with Gasteiger partial charge >= 0.3 is 11.4 Å². The van der Waals surface area contributed by atoms with Gasteiger partial charge in [0.1, 0.15) is 11.1 Å². The molecular weight excluding hydrogens is 284 g/mol. The van der Waals surface area contributed by atoms with Gasteiger partial charge in [0.05, 0.1) is 13.7 Å². The number of ether oxygens (including phenoxy) is 1. The molecule has 0 aliphatic rings. The van der Waals surface area contributed by atoms with E-state index in [1.807, 2.05) is 19.1 Å². The molecule has 0 amide bonds. The van der Waals surface area contributed by atoms with E-state index in [4.69, 9.17) is 9.15 Å². The standard InChI is InChI=1S/C16H14N2O4/c1-10-7-13-14(17-8-10)18(16(20)22-15(13)19)9-11-3-5-12(21-2)6-4-11/h3-8H,9H2,1-2H3. The predicted octanol–water partition coefficient (Wildman–Crippen LogP) is 1.72. The minimum atomic E-state index is -0.718. The van der Waals surface area contributed by atoms with Crippen molar-refractivity contribution in [2.24, 2.45) is 0 Å². The molecule has 0 fully saturated rings. The molecule has 0 aliphatic heterocycles. The van der Waals surface area contributed by atoms with Gasteiger partial charge < -0.3 is 9.15 Å². The molecule has 0 saturated carbocycles. The molecule has 0 N–H and O–H groups in total. The van der Waals surface area contributed by atoms with Gasteiger partial charge in [-0.2, -0.15) is 0 Å². The van der Waals surface area contributed by atoms with Crippen LogP contribution < -0.4 is 16.1 Å². The SMILES string of the molecule is COc1ccc(Cn2c(=O)oc(=O)c3cc(C)cnc32)cc1. The van der Waals surface area contributed by atoms with E-state index in [1.54, 1.807) is 31.5 Å². The van der Waals surface area contributed by atoms with Crippen molar-refractivity contribution >= 4 is 11.0 Å². The van der Waals surface area contributed by atoms with E-state index in [1.165, 1.54) is 4.57 Å². The molecule has 3 aromatic rings. The molecule has 1 aromatic carbocycles. The molecule has 22 heavy (non-hydrogen) atoms. The number of hydrogen-bond acceptors (Lipinski definition) is 5. The van der Waals surface area contributed by atoms with Gasteiger partial charge in [0.25, 0.3) is 0 Å². The van der Waals surface area contributed by atoms with Crippen LogP contribution in [0.25, 0.3) is 11.0 Å². The first-order valence-electron chi connectivity index (χ1n) is 6.72. The van der Waals surface area contributed by atoms with Crippen molar-refractivity contribution in [3.05, 3.63) is 68.6 Å². The number of aryl methyl sites for hydroxylation is 1. The highest BCUT2D eigenvalue weighted by atomic mass is 16.5. The van der Waals surface area contributed by atoms with E-state index in [9.17, 15) is 9.59 Å². The van der Waals surface area contributed by atoms with Crippen molar-refractivity contribution in [1.82, 2.24) is 9.55 Å². The topological polar surface area (TPSA) is 74.3 Å². The Morgan fingerprint density at radius 1 is 1.23 bits per heavy atom. The number of aromatic nitrogens is 2. The molecule has 6 nitrogen and oxygen atoms in total. The molecule has 0 radical (unpaired) electrons. The molecule has 0 aliphatic carbocycles. The minimum absolute atomic E-state index is 0.263. The average Bonchev–Trinajstić information content (AvgIpc) is 2.52. The number of rotatable bonds is 3. The second kappa shape index (κ2) is 5.48. The number of pyridine rings is 1. The highest BCUT2D eigenvalue weighted by molar-refractivity contribution is 5.73. The summed E-state index contributed by atoms with van der Waals surface area (Å²) in [6.45, 7) is 2.09. The van der Waals surface area contributed by atoms with Gasteiger partial charge in [0.2, 0.25) is 0 Å². The lowest BCUT2D eigenvalue weighted by atomic mass is 10.2. The Kier molecular flexibility index (Phi) is 3.50. The molecule has 3 rings (SSSR count). The Morgan fingerprint density at radius 2 is 1.95 bits per heavy atom. The lowest BCUT2D eigenvalue weighted by Gasteiger charge is -2.08. The van der Waals surface area contributed by atoms with Crippen molar-refractivity contribution in [3.63, 3.8) is 0 Å². The van der Waals surface area contributed by atoms with Crippen molar-refractivity contribution in [3.8, 4) is 5.75 Å². The van der Waals surface area contributed by atoms with Crippen LogP contribution in [0.2, 0.25) is 0 Å². The quantitative estimate of drug-likeness (QED) is 0.736. The maximum atomic E-state index is 12.0. The lowest BCUT2D eigenvalue weighted by Crippen LogP contribution is -2.26. The van der Waals surface area contributed by atoms with Crippen molar-refractivity contribution in [2.45, 2.75) is 13.5 Å². The van der Waals surface area contributed by atoms with Gasteiger partial charge in [-0.05, 0) is 36.2 Å². The summed E-state index contributed by atoms with van der Waals surface area (Å²) >= 11 is 0. The van der Waals surface area contributed by atoms with Crippen molar-refractivity contribution < 1.29 is 9.15 Å². The third-order valence-corrected chi connectivity index (χ3v) is 3.38. The highest BCUT2D eigenvalue weighted by Gasteiger charge is 2.11. The monoisotopic (exact) mass is 298 g/mol. The van der Waals surface area contributed by atoms with E-state index >= 15 is 0 Å². The normalized spacial score (nSPS) is 10.8. The second-order valence-electron chi connectivity index (χ2n) is 4.97. The summed E-state index contributed by atoms with van der Waals surface area (Å²) in [5.74, 6) is 0.0129. The third-order valence-electron chi connectivity index (χ3n) is 3.38. The molecule has 112 valence electrons. The van der Waals surface area contributed by atoms with Crippen molar-refractivity contribution in [1.29, 1.82) is 0 Å². The smallest absolute Gasteiger partial charge is 0.423 e. The number of methoxy groups -OCH3 is 1. The van der Waals surface area contributed by atoms with Gasteiger partial charge in [-0.1, -0.05) is 12.1 Å². The Bertz CT molecular complexity index is 939. The second-order valence-corrected chi connectivity index (χ2v) is 4.97. The fourth-order valence-corrected chi connectivity index (χ4v) is 2.26. The molecule has 2 heterocycles. The first-order chi connectivity index (χ1) is 10.6. The lowest BCUT2D eigenvalue weighted by molar-refractivity contribution is 0.414. The minimum Gasteiger partial charge on any atom is -0.497 e. The maximum Gasteiger partial charge on any atom is 0.423 e. The number of benzene rings is 1. The number of fused-ring (bicyclic) bond motifs is 1. The summed E-state index contributed by atoms with van der Waals surface area (Å²) in [7, 11) is 1.59. The molecule has 6 heteroatoms. The predicted molar refractivity (Wildman–Crippen MR) is 81.4 cm³/mol. The molecule has 0 saturated heterocycles. The van der Waals surface area contributed by atoms with Gasteiger partial charge in [-0.15, -0.1) is 0 Å². The van der Waals surface area contributed by atoms with Gasteiger partial charge in [0.15, 0.2) is 5.65 Å². The van der Waals surface area contributed by atoms with Crippen LogP contribution in [0, 0.1) is 6.92 Å². The molecule has 0 atom stereocenters. The Labute approximate surface area is 125 Å². The fraction of sp³-hybridized carbons (Fsp3) is 0.188. The van der Waals surface area contributed by atoms with Crippen LogP contribution in [-0.4, -0.2) is 16.7 Å². The number of hydrogen-bond donors (Lipinski definition) is 0. The number of nitrogens with zero attached hydrogens (tertiary/aromatic N) is 2. The largest absolute Gasteiger partial charge is 0.497 e. The zero-order valence-corrected chi connectivity index (χ0v) is 12.2. The molecule has 0 bridgehead atoms. The van der Waals surface area contributed by atoms with Gasteiger partial charge in [-0.3, -0.25) is 4.57 Å². The average molecular weight is 298 g/mol. The van der Waals surface area contributed by atoms with Crippen molar-refractivity contribution in [2.75, 3.05) is 7.11 Å². The summed E-state index contributed by atoms with van der Waals surface area (Å²) in [5.41, 5.74) is 1.36. The zero-order valence-electron chi connectivity index (χ0n) is 12.2. The molecule has 0 unspecified atom stereocenters. The van der Waals surface area contributed by atoms with E-state index < -0.39 is 11.4 Å². The van der Waals surface area contributed by atoms with Gasteiger partial charge in [-0.25, -0.2) is 14.6 Å². The summed E-state index contributed by atoms with van der Waals surface area (Å²) in [5, 5.41) is 0.299. The van der Waals surface area contributed by atoms with Crippen LogP contribution in [0.1, 0.15) is 11.1 Å². The van der Waals surface area contributed by atoms with Crippen LogP contribution in [0.3, 0.4) is 0 Å². The molecule has 2 aromatic heterocycles. The summed E-state index contributed by atoms with van der Waals surface area (Å²) in [6.07, 6.45) is 1.62. The Balaban J connectivity index is 2.13. The van der Waals surface area contributed by atoms with Crippen LogP contribution in [0.15, 0.2) is 50.5 Å². The van der Waals surface area contributed by atoms with E-state index in [0.29, 0.717) is 11.0 Å². The molecular formula is C16H14N2O4. The van der Waals surface area contributed by atoms with E-state index in [-0.39, 0.29) is 6.54 Å².